The summed E-state index contributed by atoms with van der Waals surface area (Å²) in [5, 5.41) is 8.18. The van der Waals surface area contributed by atoms with Crippen molar-refractivity contribution in [3.63, 3.8) is 0 Å². The van der Waals surface area contributed by atoms with Crippen LogP contribution in [0.5, 0.6) is 5.75 Å². The first-order valence-corrected chi connectivity index (χ1v) is 5.99. The van der Waals surface area contributed by atoms with E-state index in [9.17, 15) is 0 Å². The predicted molar refractivity (Wildman–Crippen MR) is 69.0 cm³/mol. The molecule has 2 aromatic rings. The molecular formula is C12H12Cl2N2O. The minimum Gasteiger partial charge on any atom is -0.492 e. The molecule has 5 heteroatoms. The summed E-state index contributed by atoms with van der Waals surface area (Å²) in [4.78, 5) is 0. The summed E-state index contributed by atoms with van der Waals surface area (Å²) < 4.78 is 5.56. The van der Waals surface area contributed by atoms with Crippen LogP contribution in [0.2, 0.25) is 10.0 Å². The number of halogens is 2. The van der Waals surface area contributed by atoms with Crippen LogP contribution in [0.4, 0.5) is 0 Å². The van der Waals surface area contributed by atoms with Gasteiger partial charge in [0.25, 0.3) is 0 Å². The van der Waals surface area contributed by atoms with Crippen molar-refractivity contribution in [3.8, 4) is 5.75 Å². The van der Waals surface area contributed by atoms with Crippen molar-refractivity contribution in [2.24, 2.45) is 0 Å². The van der Waals surface area contributed by atoms with Gasteiger partial charge in [0, 0.05) is 23.2 Å². The number of rotatable bonds is 4. The van der Waals surface area contributed by atoms with Crippen molar-refractivity contribution in [1.82, 2.24) is 10.2 Å². The molecule has 0 aliphatic carbocycles. The summed E-state index contributed by atoms with van der Waals surface area (Å²) >= 11 is 11.8. The monoisotopic (exact) mass is 270 g/mol. The van der Waals surface area contributed by atoms with Gasteiger partial charge in [-0.05, 0) is 25.1 Å². The zero-order chi connectivity index (χ0) is 12.3. The Morgan fingerprint density at radius 1 is 1.29 bits per heavy atom. The average Bonchev–Trinajstić information content (AvgIpc) is 2.69. The van der Waals surface area contributed by atoms with Crippen LogP contribution in [0.1, 0.15) is 11.4 Å². The molecule has 0 aliphatic heterocycles. The van der Waals surface area contributed by atoms with Crippen molar-refractivity contribution >= 4 is 23.2 Å². The van der Waals surface area contributed by atoms with Crippen LogP contribution in [0.25, 0.3) is 0 Å². The normalized spacial score (nSPS) is 10.5. The zero-order valence-corrected chi connectivity index (χ0v) is 10.8. The predicted octanol–water partition coefficient (Wildman–Crippen LogP) is 3.65. The van der Waals surface area contributed by atoms with Crippen LogP contribution in [0, 0.1) is 6.92 Å². The molecule has 90 valence electrons. The van der Waals surface area contributed by atoms with Gasteiger partial charge in [-0.15, -0.1) is 0 Å². The van der Waals surface area contributed by atoms with E-state index in [2.05, 4.69) is 10.2 Å². The van der Waals surface area contributed by atoms with Crippen molar-refractivity contribution in [3.05, 3.63) is 45.7 Å². The summed E-state index contributed by atoms with van der Waals surface area (Å²) in [6.07, 6.45) is 0.729. The van der Waals surface area contributed by atoms with E-state index in [1.54, 1.807) is 18.2 Å². The van der Waals surface area contributed by atoms with E-state index in [0.29, 0.717) is 22.4 Å². The van der Waals surface area contributed by atoms with Crippen LogP contribution in [0.15, 0.2) is 24.3 Å². The number of benzene rings is 1. The Morgan fingerprint density at radius 2 is 2.12 bits per heavy atom. The molecule has 3 nitrogen and oxygen atoms in total. The molecule has 0 saturated carbocycles. The highest BCUT2D eigenvalue weighted by Gasteiger charge is 2.03. The van der Waals surface area contributed by atoms with E-state index < -0.39 is 0 Å². The number of nitrogens with one attached hydrogen (secondary N) is 1. The summed E-state index contributed by atoms with van der Waals surface area (Å²) in [6, 6.07) is 7.15. The third kappa shape index (κ3) is 3.38. The smallest absolute Gasteiger partial charge is 0.139 e. The number of H-pyrrole nitrogens is 1. The lowest BCUT2D eigenvalue weighted by atomic mass is 10.3. The Hall–Kier alpha value is -1.19. The first-order chi connectivity index (χ1) is 8.15. The van der Waals surface area contributed by atoms with Gasteiger partial charge in [0.1, 0.15) is 5.75 Å². The highest BCUT2D eigenvalue weighted by Crippen LogP contribution is 2.27. The molecule has 1 heterocycles. The largest absolute Gasteiger partial charge is 0.492 e. The molecular weight excluding hydrogens is 259 g/mol. The van der Waals surface area contributed by atoms with Gasteiger partial charge in [-0.1, -0.05) is 23.2 Å². The number of aromatic nitrogens is 2. The standard InChI is InChI=1S/C12H12Cl2N2O/c1-8-6-10(16-15-8)4-5-17-12-7-9(13)2-3-11(12)14/h2-3,6-7H,4-5H2,1H3,(H,15,16). The lowest BCUT2D eigenvalue weighted by Crippen LogP contribution is -2.02. The van der Waals surface area contributed by atoms with E-state index in [0.717, 1.165) is 17.8 Å². The van der Waals surface area contributed by atoms with Crippen LogP contribution >= 0.6 is 23.2 Å². The summed E-state index contributed by atoms with van der Waals surface area (Å²) in [7, 11) is 0. The molecule has 0 atom stereocenters. The lowest BCUT2D eigenvalue weighted by molar-refractivity contribution is 0.320. The molecule has 0 aliphatic rings. The molecule has 1 aromatic heterocycles. The van der Waals surface area contributed by atoms with Gasteiger partial charge in [-0.2, -0.15) is 5.10 Å². The van der Waals surface area contributed by atoms with Crippen molar-refractivity contribution < 1.29 is 4.74 Å². The molecule has 0 fully saturated rings. The van der Waals surface area contributed by atoms with E-state index >= 15 is 0 Å². The van der Waals surface area contributed by atoms with Gasteiger partial charge in [0.15, 0.2) is 0 Å². The van der Waals surface area contributed by atoms with E-state index in [1.807, 2.05) is 13.0 Å². The minimum absolute atomic E-state index is 0.518. The SMILES string of the molecule is Cc1cc(CCOc2cc(Cl)ccc2Cl)n[nH]1. The van der Waals surface area contributed by atoms with Crippen LogP contribution in [0.3, 0.4) is 0 Å². The van der Waals surface area contributed by atoms with Gasteiger partial charge >= 0.3 is 0 Å². The van der Waals surface area contributed by atoms with Gasteiger partial charge in [-0.25, -0.2) is 0 Å². The fourth-order valence-electron chi connectivity index (χ4n) is 1.46. The van der Waals surface area contributed by atoms with Crippen LogP contribution < -0.4 is 4.74 Å². The van der Waals surface area contributed by atoms with Crippen LogP contribution in [-0.4, -0.2) is 16.8 Å². The second-order valence-corrected chi connectivity index (χ2v) is 4.56. The number of aromatic amines is 1. The summed E-state index contributed by atoms with van der Waals surface area (Å²) in [5.41, 5.74) is 2.02. The highest BCUT2D eigenvalue weighted by molar-refractivity contribution is 6.34. The lowest BCUT2D eigenvalue weighted by Gasteiger charge is -2.07. The molecule has 0 radical (unpaired) electrons. The van der Waals surface area contributed by atoms with Gasteiger partial charge < -0.3 is 4.74 Å². The average molecular weight is 271 g/mol. The number of hydrogen-bond donors (Lipinski definition) is 1. The second-order valence-electron chi connectivity index (χ2n) is 3.72. The molecule has 0 spiro atoms. The molecule has 0 bridgehead atoms. The summed E-state index contributed by atoms with van der Waals surface area (Å²) in [5.74, 6) is 0.603. The van der Waals surface area contributed by atoms with Gasteiger partial charge in [-0.3, -0.25) is 5.10 Å². The maximum Gasteiger partial charge on any atom is 0.139 e. The molecule has 0 unspecified atom stereocenters. The maximum atomic E-state index is 5.98. The highest BCUT2D eigenvalue weighted by atomic mass is 35.5. The third-order valence-corrected chi connectivity index (χ3v) is 2.82. The molecule has 1 N–H and O–H groups in total. The fraction of sp³-hybridized carbons (Fsp3) is 0.250. The molecule has 2 rings (SSSR count). The van der Waals surface area contributed by atoms with Gasteiger partial charge in [0.2, 0.25) is 0 Å². The fourth-order valence-corrected chi connectivity index (χ4v) is 1.79. The summed E-state index contributed by atoms with van der Waals surface area (Å²) in [6.45, 7) is 2.48. The van der Waals surface area contributed by atoms with Crippen molar-refractivity contribution in [2.45, 2.75) is 13.3 Å². The number of nitrogens with zero attached hydrogens (tertiary/aromatic N) is 1. The van der Waals surface area contributed by atoms with Crippen molar-refractivity contribution in [2.75, 3.05) is 6.61 Å². The first kappa shape index (κ1) is 12.3. The van der Waals surface area contributed by atoms with E-state index in [1.165, 1.54) is 0 Å². The Balaban J connectivity index is 1.91. The van der Waals surface area contributed by atoms with Gasteiger partial charge in [0.05, 0.1) is 17.3 Å². The Bertz CT molecular complexity index is 511. The Kier molecular flexibility index (Phi) is 3.92. The van der Waals surface area contributed by atoms with E-state index in [4.69, 9.17) is 27.9 Å². The molecule has 17 heavy (non-hydrogen) atoms. The number of aryl methyl sites for hydroxylation is 1. The Morgan fingerprint density at radius 3 is 2.82 bits per heavy atom. The van der Waals surface area contributed by atoms with Crippen LogP contribution in [-0.2, 0) is 6.42 Å². The number of hydrogen-bond acceptors (Lipinski definition) is 2. The molecule has 1 aromatic carbocycles. The van der Waals surface area contributed by atoms with Crippen molar-refractivity contribution in [1.29, 1.82) is 0 Å². The zero-order valence-electron chi connectivity index (χ0n) is 9.34. The molecule has 0 amide bonds. The topological polar surface area (TPSA) is 37.9 Å². The number of ether oxygens (including phenoxy) is 1. The molecule has 0 saturated heterocycles. The minimum atomic E-state index is 0.518. The Labute approximate surface area is 110 Å². The third-order valence-electron chi connectivity index (χ3n) is 2.27. The second kappa shape index (κ2) is 5.43. The maximum absolute atomic E-state index is 5.98. The first-order valence-electron chi connectivity index (χ1n) is 5.24. The quantitative estimate of drug-likeness (QED) is 0.921. The van der Waals surface area contributed by atoms with E-state index in [-0.39, 0.29) is 0 Å².